The highest BCUT2D eigenvalue weighted by Gasteiger charge is 2.37. The maximum absolute atomic E-state index is 4.80. The SMILES string of the molecule is CC1CCC(C(C)CSCC(C)C2CCC(C)C(S)C2)CC1S.CCC(C)C1CCC(C)C(SC2CC(C(C)CS)CCC2C)C1. The van der Waals surface area contributed by atoms with Gasteiger partial charge in [0.2, 0.25) is 0 Å². The van der Waals surface area contributed by atoms with E-state index in [1.54, 1.807) is 0 Å². The second-order valence-corrected chi connectivity index (χ2v) is 21.8. The molecule has 0 aromatic carbocycles. The normalized spacial score (nSPS) is 41.5. The molecule has 0 aromatic rings. The minimum absolute atomic E-state index is 0.636. The molecule has 0 nitrogen and oxygen atoms in total. The van der Waals surface area contributed by atoms with Gasteiger partial charge in [-0.1, -0.05) is 68.7 Å². The van der Waals surface area contributed by atoms with Crippen molar-refractivity contribution < 1.29 is 0 Å². The van der Waals surface area contributed by atoms with E-state index in [0.29, 0.717) is 10.5 Å². The molecular formula is C41H78S5. The third-order valence-electron chi connectivity index (χ3n) is 14.0. The van der Waals surface area contributed by atoms with Crippen LogP contribution in [0.1, 0.15) is 146 Å². The van der Waals surface area contributed by atoms with Crippen LogP contribution in [-0.4, -0.2) is 38.3 Å². The maximum atomic E-state index is 4.80. The lowest BCUT2D eigenvalue weighted by molar-refractivity contribution is 0.221. The van der Waals surface area contributed by atoms with Crippen molar-refractivity contribution >= 4 is 61.4 Å². The molecule has 5 heteroatoms. The fraction of sp³-hybridized carbons (Fsp3) is 1.00. The summed E-state index contributed by atoms with van der Waals surface area (Å²) in [6.07, 6.45) is 18.4. The summed E-state index contributed by atoms with van der Waals surface area (Å²) in [5.41, 5.74) is 0. The Balaban J connectivity index is 0.000000250. The molecule has 16 unspecified atom stereocenters. The Labute approximate surface area is 314 Å². The molecular weight excluding hydrogens is 653 g/mol. The smallest absolute Gasteiger partial charge is 0.00783 e. The molecule has 4 rings (SSSR count). The van der Waals surface area contributed by atoms with Crippen molar-refractivity contribution in [2.75, 3.05) is 17.3 Å². The summed E-state index contributed by atoms with van der Waals surface area (Å²) >= 11 is 18.8. The van der Waals surface area contributed by atoms with Crippen LogP contribution in [-0.2, 0) is 0 Å². The summed E-state index contributed by atoms with van der Waals surface area (Å²) in [5.74, 6) is 14.4. The summed E-state index contributed by atoms with van der Waals surface area (Å²) in [7, 11) is 0. The quantitative estimate of drug-likeness (QED) is 0.171. The van der Waals surface area contributed by atoms with Crippen molar-refractivity contribution in [3.05, 3.63) is 0 Å². The summed E-state index contributed by atoms with van der Waals surface area (Å²) in [5, 5.41) is 3.09. The minimum Gasteiger partial charge on any atom is -0.179 e. The molecule has 0 saturated heterocycles. The topological polar surface area (TPSA) is 0 Å². The van der Waals surface area contributed by atoms with Crippen molar-refractivity contribution in [1.82, 2.24) is 0 Å². The lowest BCUT2D eigenvalue weighted by Crippen LogP contribution is -2.34. The van der Waals surface area contributed by atoms with Gasteiger partial charge in [0.1, 0.15) is 0 Å². The van der Waals surface area contributed by atoms with Crippen LogP contribution in [0, 0.1) is 71.0 Å². The fourth-order valence-electron chi connectivity index (χ4n) is 9.15. The monoisotopic (exact) mass is 730 g/mol. The molecule has 16 atom stereocenters. The highest BCUT2D eigenvalue weighted by Crippen LogP contribution is 2.47. The van der Waals surface area contributed by atoms with Crippen LogP contribution < -0.4 is 0 Å². The molecule has 0 bridgehead atoms. The van der Waals surface area contributed by atoms with E-state index in [-0.39, 0.29) is 0 Å². The van der Waals surface area contributed by atoms with E-state index in [9.17, 15) is 0 Å². The Morgan fingerprint density at radius 1 is 0.522 bits per heavy atom. The van der Waals surface area contributed by atoms with Crippen molar-refractivity contribution in [2.24, 2.45) is 71.0 Å². The number of hydrogen-bond donors (Lipinski definition) is 3. The molecule has 0 spiro atoms. The zero-order valence-corrected chi connectivity index (χ0v) is 36.0. The van der Waals surface area contributed by atoms with E-state index >= 15 is 0 Å². The van der Waals surface area contributed by atoms with Crippen molar-refractivity contribution in [2.45, 2.75) is 167 Å². The van der Waals surface area contributed by atoms with Crippen molar-refractivity contribution in [3.63, 3.8) is 0 Å². The molecule has 4 fully saturated rings. The van der Waals surface area contributed by atoms with Gasteiger partial charge in [-0.15, -0.1) is 0 Å². The minimum atomic E-state index is 0.636. The standard InChI is InChI=1S/C21H40S2.C20H38S3/c1-6-14(2)18-9-7-15(3)20(11-18)23-21-12-19(17(5)13-22)10-8-16(21)4;1-13-5-7-17(9-19(13)21)15(3)11-23-12-16(4)18-8-6-14(2)20(22)10-18/h14-22H,6-13H2,1-5H3;13-22H,5-12H2,1-4H3. The first-order valence-corrected chi connectivity index (χ1v) is 23.8. The van der Waals surface area contributed by atoms with E-state index in [1.807, 2.05) is 0 Å². The van der Waals surface area contributed by atoms with E-state index < -0.39 is 0 Å². The van der Waals surface area contributed by atoms with Gasteiger partial charge in [-0.05, 0) is 165 Å². The number of thiol groups is 3. The van der Waals surface area contributed by atoms with Gasteiger partial charge in [-0.2, -0.15) is 61.4 Å². The number of thioether (sulfide) groups is 2. The first kappa shape index (κ1) is 42.2. The van der Waals surface area contributed by atoms with E-state index in [4.69, 9.17) is 25.3 Å². The Bertz CT molecular complexity index is 757. The Morgan fingerprint density at radius 2 is 0.891 bits per heavy atom. The molecule has 0 heterocycles. The molecule has 4 aliphatic carbocycles. The van der Waals surface area contributed by atoms with Gasteiger partial charge in [-0.25, -0.2) is 0 Å². The van der Waals surface area contributed by atoms with Gasteiger partial charge in [-0.3, -0.25) is 0 Å². The summed E-state index contributed by atoms with van der Waals surface area (Å²) in [6, 6.07) is 0. The van der Waals surface area contributed by atoms with Gasteiger partial charge in [0.15, 0.2) is 0 Å². The molecule has 4 saturated carbocycles. The third-order valence-corrected chi connectivity index (χ3v) is 19.5. The molecule has 0 radical (unpaired) electrons. The summed E-state index contributed by atoms with van der Waals surface area (Å²) in [4.78, 5) is 0. The van der Waals surface area contributed by atoms with Crippen LogP contribution in [0.5, 0.6) is 0 Å². The molecule has 272 valence electrons. The Kier molecular flexibility index (Phi) is 19.5. The van der Waals surface area contributed by atoms with Crippen molar-refractivity contribution in [1.29, 1.82) is 0 Å². The third kappa shape index (κ3) is 13.1. The van der Waals surface area contributed by atoms with Gasteiger partial charge in [0.05, 0.1) is 0 Å². The first-order valence-electron chi connectivity index (χ1n) is 20.0. The predicted molar refractivity (Wildman–Crippen MR) is 225 cm³/mol. The summed E-state index contributed by atoms with van der Waals surface area (Å²) in [6.45, 7) is 22.0. The van der Waals surface area contributed by atoms with Gasteiger partial charge in [0, 0.05) is 21.0 Å². The first-order chi connectivity index (χ1) is 21.8. The van der Waals surface area contributed by atoms with Crippen LogP contribution in [0.15, 0.2) is 0 Å². The fourth-order valence-corrected chi connectivity index (χ4v) is 13.7. The van der Waals surface area contributed by atoms with E-state index in [0.717, 1.165) is 87.3 Å². The van der Waals surface area contributed by atoms with E-state index in [1.165, 1.54) is 95.0 Å². The number of hydrogen-bond acceptors (Lipinski definition) is 5. The van der Waals surface area contributed by atoms with Crippen LogP contribution >= 0.6 is 61.4 Å². The van der Waals surface area contributed by atoms with Crippen LogP contribution in [0.2, 0.25) is 0 Å². The number of rotatable bonds is 12. The molecule has 4 aliphatic rings. The Hall–Kier alpha value is 1.75. The second kappa shape index (κ2) is 21.3. The molecule has 0 aromatic heterocycles. The lowest BCUT2D eigenvalue weighted by Gasteiger charge is -2.42. The average Bonchev–Trinajstić information content (AvgIpc) is 3.05. The zero-order valence-electron chi connectivity index (χ0n) is 31.7. The lowest BCUT2D eigenvalue weighted by atomic mass is 9.76. The van der Waals surface area contributed by atoms with Gasteiger partial charge in [0.25, 0.3) is 0 Å². The highest BCUT2D eigenvalue weighted by atomic mass is 32.2. The zero-order chi connectivity index (χ0) is 34.0. The molecule has 46 heavy (non-hydrogen) atoms. The molecule has 0 aliphatic heterocycles. The van der Waals surface area contributed by atoms with Crippen LogP contribution in [0.4, 0.5) is 0 Å². The van der Waals surface area contributed by atoms with E-state index in [2.05, 4.69) is 98.5 Å². The Morgan fingerprint density at radius 3 is 1.26 bits per heavy atom. The largest absolute Gasteiger partial charge is 0.179 e. The van der Waals surface area contributed by atoms with Gasteiger partial charge < -0.3 is 0 Å². The summed E-state index contributed by atoms with van der Waals surface area (Å²) < 4.78 is 0. The van der Waals surface area contributed by atoms with Crippen molar-refractivity contribution in [3.8, 4) is 0 Å². The predicted octanol–water partition coefficient (Wildman–Crippen LogP) is 13.4. The molecule has 0 N–H and O–H groups in total. The van der Waals surface area contributed by atoms with Gasteiger partial charge >= 0.3 is 0 Å². The van der Waals surface area contributed by atoms with Crippen LogP contribution in [0.3, 0.4) is 0 Å². The van der Waals surface area contributed by atoms with Crippen LogP contribution in [0.25, 0.3) is 0 Å². The molecule has 0 amide bonds. The average molecular weight is 731 g/mol. The second-order valence-electron chi connectivity index (χ2n) is 17.6. The highest BCUT2D eigenvalue weighted by molar-refractivity contribution is 8.00. The maximum Gasteiger partial charge on any atom is 0.00783 e.